The lowest BCUT2D eigenvalue weighted by molar-refractivity contribution is 1.24. The lowest BCUT2D eigenvalue weighted by Crippen LogP contribution is -1.90. The average molecular weight is 605 g/mol. The molecule has 0 radical (unpaired) electrons. The molecule has 2 nitrogen and oxygen atoms in total. The van der Waals surface area contributed by atoms with E-state index in [1.165, 1.54) is 53.9 Å². The minimum absolute atomic E-state index is 0.835. The molecule has 10 aromatic rings. The van der Waals surface area contributed by atoms with E-state index in [4.69, 9.17) is 0 Å². The van der Waals surface area contributed by atoms with Gasteiger partial charge in [-0.15, -0.1) is 0 Å². The molecule has 2 heterocycles. The smallest absolute Gasteiger partial charge is 0.0887 e. The van der Waals surface area contributed by atoms with Crippen molar-refractivity contribution in [3.05, 3.63) is 168 Å². The van der Waals surface area contributed by atoms with Crippen molar-refractivity contribution < 1.29 is 0 Å². The van der Waals surface area contributed by atoms with Crippen LogP contribution in [0.4, 0.5) is 0 Å². The van der Waals surface area contributed by atoms with Crippen molar-refractivity contribution in [2.24, 2.45) is 0 Å². The summed E-state index contributed by atoms with van der Waals surface area (Å²) in [5.41, 5.74) is 5.62. The van der Waals surface area contributed by atoms with Gasteiger partial charge >= 0.3 is 0 Å². The van der Waals surface area contributed by atoms with Crippen LogP contribution in [0.5, 0.6) is 0 Å². The summed E-state index contributed by atoms with van der Waals surface area (Å²) in [6, 6.07) is 47.1. The van der Waals surface area contributed by atoms with E-state index in [9.17, 15) is 0 Å². The van der Waals surface area contributed by atoms with Gasteiger partial charge in [0.2, 0.25) is 0 Å². The largest absolute Gasteiger partial charge is 0.255 e. The Balaban J connectivity index is 1.08. The topological polar surface area (TPSA) is 25.8 Å². The van der Waals surface area contributed by atoms with E-state index >= 15 is 0 Å². The van der Waals surface area contributed by atoms with Gasteiger partial charge in [0.05, 0.1) is 11.4 Å². The quantitative estimate of drug-likeness (QED) is 0.138. The van der Waals surface area contributed by atoms with Gasteiger partial charge in [0.15, 0.2) is 0 Å². The minimum Gasteiger partial charge on any atom is -0.255 e. The van der Waals surface area contributed by atoms with Crippen molar-refractivity contribution >= 4 is 64.6 Å². The van der Waals surface area contributed by atoms with Crippen LogP contribution in [0.3, 0.4) is 0 Å². The van der Waals surface area contributed by atoms with Gasteiger partial charge in [0, 0.05) is 34.6 Å². The van der Waals surface area contributed by atoms with Crippen LogP contribution < -0.4 is 0 Å². The first-order chi connectivity index (χ1) is 23.8. The SMILES string of the molecule is C(#Cc1ccc2ccc3c(C#Cc4ccc5ccc6cccc7ccc4c5c67)ccc4ccc1c2c43)c1ccc(-c2ccccn2)nc1. The minimum atomic E-state index is 0.835. The molecule has 2 heteroatoms. The third-order valence-electron chi connectivity index (χ3n) is 9.56. The maximum Gasteiger partial charge on any atom is 0.0887 e. The summed E-state index contributed by atoms with van der Waals surface area (Å²) in [6.45, 7) is 0. The molecule has 0 amide bonds. The van der Waals surface area contributed by atoms with Gasteiger partial charge in [-0.25, -0.2) is 0 Å². The summed E-state index contributed by atoms with van der Waals surface area (Å²) < 4.78 is 0. The monoisotopic (exact) mass is 604 g/mol. The highest BCUT2D eigenvalue weighted by molar-refractivity contribution is 6.25. The molecule has 0 aliphatic carbocycles. The van der Waals surface area contributed by atoms with E-state index in [1.807, 2.05) is 36.5 Å². The van der Waals surface area contributed by atoms with Crippen LogP contribution in [0.2, 0.25) is 0 Å². The fourth-order valence-corrected chi connectivity index (χ4v) is 7.27. The maximum absolute atomic E-state index is 4.60. The summed E-state index contributed by atoms with van der Waals surface area (Å²) >= 11 is 0. The zero-order valence-corrected chi connectivity index (χ0v) is 25.8. The number of hydrogen-bond donors (Lipinski definition) is 0. The molecule has 48 heavy (non-hydrogen) atoms. The van der Waals surface area contributed by atoms with Gasteiger partial charge in [0.25, 0.3) is 0 Å². The zero-order valence-electron chi connectivity index (χ0n) is 25.8. The Morgan fingerprint density at radius 2 is 0.812 bits per heavy atom. The second kappa shape index (κ2) is 10.4. The molecule has 0 aliphatic rings. The van der Waals surface area contributed by atoms with Gasteiger partial charge in [-0.2, -0.15) is 0 Å². The lowest BCUT2D eigenvalue weighted by Gasteiger charge is -2.13. The molecule has 0 spiro atoms. The predicted molar refractivity (Wildman–Crippen MR) is 200 cm³/mol. The third-order valence-corrected chi connectivity index (χ3v) is 9.56. The Kier molecular flexibility index (Phi) is 5.73. The van der Waals surface area contributed by atoms with Crippen molar-refractivity contribution in [3.63, 3.8) is 0 Å². The third kappa shape index (κ3) is 4.11. The fourth-order valence-electron chi connectivity index (χ4n) is 7.27. The first-order valence-corrected chi connectivity index (χ1v) is 16.1. The normalized spacial score (nSPS) is 11.4. The summed E-state index contributed by atoms with van der Waals surface area (Å²) in [6.07, 6.45) is 3.60. The van der Waals surface area contributed by atoms with Crippen molar-refractivity contribution in [2.75, 3.05) is 0 Å². The highest BCUT2D eigenvalue weighted by Gasteiger charge is 2.13. The van der Waals surface area contributed by atoms with Crippen LogP contribution in [0.1, 0.15) is 22.3 Å². The van der Waals surface area contributed by atoms with Crippen LogP contribution in [0, 0.1) is 23.7 Å². The molecule has 218 valence electrons. The fraction of sp³-hybridized carbons (Fsp3) is 0. The van der Waals surface area contributed by atoms with Crippen LogP contribution in [0.15, 0.2) is 146 Å². The first kappa shape index (κ1) is 26.5. The molecule has 0 saturated carbocycles. The van der Waals surface area contributed by atoms with Crippen LogP contribution in [0.25, 0.3) is 76.0 Å². The van der Waals surface area contributed by atoms with Gasteiger partial charge in [-0.3, -0.25) is 9.97 Å². The Hall–Kier alpha value is -6.74. The molecule has 2 aromatic heterocycles. The van der Waals surface area contributed by atoms with E-state index < -0.39 is 0 Å². The molecular weight excluding hydrogens is 581 g/mol. The molecule has 0 bridgehead atoms. The van der Waals surface area contributed by atoms with Crippen LogP contribution >= 0.6 is 0 Å². The number of hydrogen-bond acceptors (Lipinski definition) is 2. The molecule has 0 aliphatic heterocycles. The highest BCUT2D eigenvalue weighted by Crippen LogP contribution is 2.38. The molecule has 0 unspecified atom stereocenters. The second-order valence-corrected chi connectivity index (χ2v) is 12.3. The van der Waals surface area contributed by atoms with Crippen LogP contribution in [-0.2, 0) is 0 Å². The van der Waals surface area contributed by atoms with E-state index in [1.54, 1.807) is 6.20 Å². The number of pyridine rings is 2. The molecule has 0 atom stereocenters. The van der Waals surface area contributed by atoms with Crippen molar-refractivity contribution in [3.8, 4) is 35.1 Å². The Labute approximate surface area is 277 Å². The molecule has 0 fully saturated rings. The van der Waals surface area contributed by atoms with Crippen molar-refractivity contribution in [1.29, 1.82) is 0 Å². The van der Waals surface area contributed by atoms with Gasteiger partial charge in [-0.05, 0) is 107 Å². The van der Waals surface area contributed by atoms with Gasteiger partial charge in [0.1, 0.15) is 0 Å². The zero-order chi connectivity index (χ0) is 31.6. The van der Waals surface area contributed by atoms with E-state index in [-0.39, 0.29) is 0 Å². The van der Waals surface area contributed by atoms with Crippen molar-refractivity contribution in [1.82, 2.24) is 9.97 Å². The molecule has 0 saturated heterocycles. The average Bonchev–Trinajstić information content (AvgIpc) is 3.15. The van der Waals surface area contributed by atoms with Crippen molar-refractivity contribution in [2.45, 2.75) is 0 Å². The van der Waals surface area contributed by atoms with Gasteiger partial charge in [-0.1, -0.05) is 115 Å². The first-order valence-electron chi connectivity index (χ1n) is 16.1. The number of aromatic nitrogens is 2. The molecular formula is C46H24N2. The lowest BCUT2D eigenvalue weighted by atomic mass is 9.90. The highest BCUT2D eigenvalue weighted by atomic mass is 14.8. The second-order valence-electron chi connectivity index (χ2n) is 12.3. The van der Waals surface area contributed by atoms with E-state index in [0.717, 1.165) is 44.4 Å². The standard InChI is InChI=1S/C46H24N2/c1-2-27-47-41(6-1)42-26-8-29(28-48-42)7-9-30-12-16-36-22-25-40-32(14-17-37-21-24-39(30)45(36)46(37)40)11-10-31-13-15-35-19-18-33-4-3-5-34-20-23-38(31)44(35)43(33)34/h1-6,8,12-28H. The maximum atomic E-state index is 4.60. The summed E-state index contributed by atoms with van der Waals surface area (Å²) in [7, 11) is 0. The number of benzene rings is 8. The molecule has 8 aromatic carbocycles. The summed E-state index contributed by atoms with van der Waals surface area (Å²) in [5.74, 6) is 13.9. The van der Waals surface area contributed by atoms with Crippen LogP contribution in [-0.4, -0.2) is 9.97 Å². The Morgan fingerprint density at radius 3 is 1.33 bits per heavy atom. The van der Waals surface area contributed by atoms with Gasteiger partial charge < -0.3 is 0 Å². The molecule has 10 rings (SSSR count). The summed E-state index contributed by atoms with van der Waals surface area (Å²) in [4.78, 5) is 9.00. The molecule has 0 N–H and O–H groups in total. The summed E-state index contributed by atoms with van der Waals surface area (Å²) in [5, 5.41) is 14.8. The number of nitrogens with zero attached hydrogens (tertiary/aromatic N) is 2. The van der Waals surface area contributed by atoms with E-state index in [0.29, 0.717) is 0 Å². The number of rotatable bonds is 1. The Morgan fingerprint density at radius 1 is 0.333 bits per heavy atom. The predicted octanol–water partition coefficient (Wildman–Crippen LogP) is 10.7. The van der Waals surface area contributed by atoms with E-state index in [2.05, 4.69) is 137 Å². The Bertz CT molecular complexity index is 2970.